The molecule has 176 valence electrons. The third-order valence-corrected chi connectivity index (χ3v) is 6.35. The van der Waals surface area contributed by atoms with Crippen LogP contribution in [0.25, 0.3) is 11.0 Å². The molecule has 1 heterocycles. The summed E-state index contributed by atoms with van der Waals surface area (Å²) in [5.41, 5.74) is 5.22. The SMILES string of the molecule is Cc1ccc(OCCCn2c(CCCNC(=O)c3ccc(Br)cc3)nc3ccccc32)c(C)c1. The Labute approximate surface area is 209 Å². The van der Waals surface area contributed by atoms with Crippen LogP contribution in [0.2, 0.25) is 0 Å². The summed E-state index contributed by atoms with van der Waals surface area (Å²) in [4.78, 5) is 17.2. The molecule has 1 aromatic heterocycles. The van der Waals surface area contributed by atoms with Crippen molar-refractivity contribution in [3.05, 3.63) is 93.7 Å². The number of benzene rings is 3. The maximum absolute atomic E-state index is 12.3. The number of hydrogen-bond donors (Lipinski definition) is 1. The van der Waals surface area contributed by atoms with E-state index >= 15 is 0 Å². The number of carbonyl (C=O) groups excluding carboxylic acids is 1. The Morgan fingerprint density at radius 2 is 1.82 bits per heavy atom. The number of amides is 1. The molecule has 3 aromatic carbocycles. The van der Waals surface area contributed by atoms with Gasteiger partial charge in [0.25, 0.3) is 5.91 Å². The van der Waals surface area contributed by atoms with Gasteiger partial charge in [0.1, 0.15) is 11.6 Å². The highest BCUT2D eigenvalue weighted by molar-refractivity contribution is 9.10. The van der Waals surface area contributed by atoms with Gasteiger partial charge in [0.05, 0.1) is 17.6 Å². The summed E-state index contributed by atoms with van der Waals surface area (Å²) in [6.45, 7) is 6.27. The predicted molar refractivity (Wildman–Crippen MR) is 141 cm³/mol. The maximum atomic E-state index is 12.3. The number of para-hydroxylation sites is 2. The molecular weight excluding hydrogens is 490 g/mol. The molecule has 0 atom stereocenters. The van der Waals surface area contributed by atoms with Crippen molar-refractivity contribution in [2.75, 3.05) is 13.2 Å². The summed E-state index contributed by atoms with van der Waals surface area (Å²) >= 11 is 3.40. The highest BCUT2D eigenvalue weighted by Gasteiger charge is 2.11. The number of hydrogen-bond acceptors (Lipinski definition) is 3. The van der Waals surface area contributed by atoms with Crippen LogP contribution in [0.4, 0.5) is 0 Å². The first-order chi connectivity index (χ1) is 16.5. The Morgan fingerprint density at radius 1 is 1.03 bits per heavy atom. The fourth-order valence-electron chi connectivity index (χ4n) is 4.08. The number of aromatic nitrogens is 2. The van der Waals surface area contributed by atoms with Gasteiger partial charge >= 0.3 is 0 Å². The zero-order valence-corrected chi connectivity index (χ0v) is 21.3. The average molecular weight is 520 g/mol. The summed E-state index contributed by atoms with van der Waals surface area (Å²) in [7, 11) is 0. The van der Waals surface area contributed by atoms with Gasteiger partial charge in [-0.15, -0.1) is 0 Å². The molecular formula is C28H30BrN3O2. The summed E-state index contributed by atoms with van der Waals surface area (Å²) in [5, 5.41) is 3.01. The monoisotopic (exact) mass is 519 g/mol. The van der Waals surface area contributed by atoms with E-state index in [2.05, 4.69) is 70.0 Å². The van der Waals surface area contributed by atoms with Crippen LogP contribution in [0.15, 0.2) is 71.2 Å². The third kappa shape index (κ3) is 6.06. The van der Waals surface area contributed by atoms with E-state index < -0.39 is 0 Å². The van der Waals surface area contributed by atoms with E-state index in [1.165, 1.54) is 11.1 Å². The molecule has 0 aliphatic rings. The van der Waals surface area contributed by atoms with Crippen LogP contribution in [-0.2, 0) is 13.0 Å². The molecule has 0 bridgehead atoms. The Kier molecular flexibility index (Phi) is 8.01. The molecule has 0 aliphatic heterocycles. The summed E-state index contributed by atoms with van der Waals surface area (Å²) < 4.78 is 9.28. The molecule has 5 nitrogen and oxygen atoms in total. The lowest BCUT2D eigenvalue weighted by Gasteiger charge is -2.12. The van der Waals surface area contributed by atoms with Crippen molar-refractivity contribution < 1.29 is 9.53 Å². The molecule has 0 spiro atoms. The molecule has 0 radical (unpaired) electrons. The number of rotatable bonds is 10. The Bertz CT molecular complexity index is 1260. The highest BCUT2D eigenvalue weighted by atomic mass is 79.9. The molecule has 1 amide bonds. The second-order valence-corrected chi connectivity index (χ2v) is 9.42. The minimum absolute atomic E-state index is 0.0513. The first kappa shape index (κ1) is 24.0. The number of carbonyl (C=O) groups is 1. The highest BCUT2D eigenvalue weighted by Crippen LogP contribution is 2.20. The molecule has 0 saturated heterocycles. The van der Waals surface area contributed by atoms with Crippen molar-refractivity contribution in [3.63, 3.8) is 0 Å². The summed E-state index contributed by atoms with van der Waals surface area (Å²) in [5.74, 6) is 1.94. The van der Waals surface area contributed by atoms with Crippen LogP contribution < -0.4 is 10.1 Å². The van der Waals surface area contributed by atoms with E-state index in [0.29, 0.717) is 18.7 Å². The second-order valence-electron chi connectivity index (χ2n) is 8.51. The number of imidazole rings is 1. The van der Waals surface area contributed by atoms with Crippen molar-refractivity contribution in [2.24, 2.45) is 0 Å². The van der Waals surface area contributed by atoms with Gasteiger partial charge < -0.3 is 14.6 Å². The topological polar surface area (TPSA) is 56.1 Å². The van der Waals surface area contributed by atoms with Crippen molar-refractivity contribution in [1.82, 2.24) is 14.9 Å². The molecule has 0 saturated carbocycles. The van der Waals surface area contributed by atoms with Crippen LogP contribution >= 0.6 is 15.9 Å². The van der Waals surface area contributed by atoms with Crippen LogP contribution in [0, 0.1) is 13.8 Å². The smallest absolute Gasteiger partial charge is 0.251 e. The molecule has 0 aliphatic carbocycles. The second kappa shape index (κ2) is 11.3. The zero-order valence-electron chi connectivity index (χ0n) is 19.7. The number of nitrogens with one attached hydrogen (secondary N) is 1. The van der Waals surface area contributed by atoms with E-state index in [-0.39, 0.29) is 5.91 Å². The van der Waals surface area contributed by atoms with Crippen molar-refractivity contribution in [2.45, 2.75) is 39.7 Å². The Balaban J connectivity index is 1.33. The van der Waals surface area contributed by atoms with Gasteiger partial charge in [0.2, 0.25) is 0 Å². The van der Waals surface area contributed by atoms with E-state index in [9.17, 15) is 4.79 Å². The van der Waals surface area contributed by atoms with Gasteiger partial charge in [0.15, 0.2) is 0 Å². The fourth-order valence-corrected chi connectivity index (χ4v) is 4.35. The summed E-state index contributed by atoms with van der Waals surface area (Å²) in [6.07, 6.45) is 2.51. The van der Waals surface area contributed by atoms with E-state index in [1.54, 1.807) is 0 Å². The first-order valence-electron chi connectivity index (χ1n) is 11.7. The number of halogens is 1. The average Bonchev–Trinajstić information content (AvgIpc) is 3.18. The molecule has 0 unspecified atom stereocenters. The lowest BCUT2D eigenvalue weighted by Crippen LogP contribution is -2.25. The molecule has 4 rings (SSSR count). The fraction of sp³-hybridized carbons (Fsp3) is 0.286. The van der Waals surface area contributed by atoms with E-state index in [1.807, 2.05) is 36.4 Å². The van der Waals surface area contributed by atoms with Gasteiger partial charge in [-0.25, -0.2) is 4.98 Å². The molecule has 1 N–H and O–H groups in total. The van der Waals surface area contributed by atoms with Crippen molar-refractivity contribution in [1.29, 1.82) is 0 Å². The first-order valence-corrected chi connectivity index (χ1v) is 12.5. The van der Waals surface area contributed by atoms with Crippen LogP contribution in [0.1, 0.15) is 40.2 Å². The zero-order chi connectivity index (χ0) is 23.9. The van der Waals surface area contributed by atoms with Crippen LogP contribution in [-0.4, -0.2) is 28.6 Å². The quantitative estimate of drug-likeness (QED) is 0.252. The molecule has 6 heteroatoms. The van der Waals surface area contributed by atoms with Crippen LogP contribution in [0.3, 0.4) is 0 Å². The Hall–Kier alpha value is -3.12. The lowest BCUT2D eigenvalue weighted by molar-refractivity contribution is 0.0953. The third-order valence-electron chi connectivity index (χ3n) is 5.82. The lowest BCUT2D eigenvalue weighted by atomic mass is 10.1. The van der Waals surface area contributed by atoms with Gasteiger partial charge in [0, 0.05) is 29.5 Å². The number of fused-ring (bicyclic) bond motifs is 1. The van der Waals surface area contributed by atoms with Gasteiger partial charge in [-0.3, -0.25) is 4.79 Å². The molecule has 4 aromatic rings. The summed E-state index contributed by atoms with van der Waals surface area (Å²) in [6, 6.07) is 21.9. The van der Waals surface area contributed by atoms with E-state index in [0.717, 1.165) is 52.9 Å². The predicted octanol–water partition coefficient (Wildman–Crippen LogP) is 6.25. The van der Waals surface area contributed by atoms with Gasteiger partial charge in [-0.2, -0.15) is 0 Å². The standard InChI is InChI=1S/C28H30BrN3O2/c1-20-10-15-26(21(2)19-20)34-18-6-17-32-25-8-4-3-7-24(25)31-27(32)9-5-16-30-28(33)22-11-13-23(29)14-12-22/h3-4,7-8,10-15,19H,5-6,9,16-18H2,1-2H3,(H,30,33). The number of ether oxygens (including phenoxy) is 1. The minimum atomic E-state index is -0.0513. The van der Waals surface area contributed by atoms with Crippen molar-refractivity contribution >= 4 is 32.9 Å². The van der Waals surface area contributed by atoms with Crippen LogP contribution in [0.5, 0.6) is 5.75 Å². The minimum Gasteiger partial charge on any atom is -0.493 e. The van der Waals surface area contributed by atoms with Gasteiger partial charge in [-0.1, -0.05) is 45.8 Å². The Morgan fingerprint density at radius 3 is 2.62 bits per heavy atom. The normalized spacial score (nSPS) is 11.0. The maximum Gasteiger partial charge on any atom is 0.251 e. The molecule has 0 fully saturated rings. The number of aryl methyl sites for hydroxylation is 4. The van der Waals surface area contributed by atoms with Crippen molar-refractivity contribution in [3.8, 4) is 5.75 Å². The molecule has 34 heavy (non-hydrogen) atoms. The van der Waals surface area contributed by atoms with E-state index in [4.69, 9.17) is 9.72 Å². The van der Waals surface area contributed by atoms with Gasteiger partial charge in [-0.05, 0) is 74.7 Å². The number of nitrogens with zero attached hydrogens (tertiary/aromatic N) is 2. The largest absolute Gasteiger partial charge is 0.493 e.